The zero-order valence-corrected chi connectivity index (χ0v) is 12.8. The maximum Gasteiger partial charge on any atom is 0.0948 e. The minimum absolute atomic E-state index is 0.191. The Balaban J connectivity index is 1.80. The molecule has 0 aliphatic heterocycles. The summed E-state index contributed by atoms with van der Waals surface area (Å²) in [5.41, 5.74) is 9.04. The van der Waals surface area contributed by atoms with E-state index in [2.05, 4.69) is 22.4 Å². The molecule has 0 amide bonds. The Kier molecular flexibility index (Phi) is 4.13. The lowest BCUT2D eigenvalue weighted by atomic mass is 10.2. The molecule has 2 heterocycles. The Bertz CT molecular complexity index is 702. The molecular weight excluding hydrogens is 280 g/mol. The SMILES string of the molecule is CCC(N)Cc1nc(-c2cnn(-c3ccccc3)c2)cs1. The van der Waals surface area contributed by atoms with Crippen LogP contribution in [0.5, 0.6) is 0 Å². The summed E-state index contributed by atoms with van der Waals surface area (Å²) in [5, 5.41) is 7.57. The van der Waals surface area contributed by atoms with Crippen LogP contribution >= 0.6 is 11.3 Å². The van der Waals surface area contributed by atoms with E-state index in [4.69, 9.17) is 5.73 Å². The zero-order chi connectivity index (χ0) is 14.7. The number of para-hydroxylation sites is 1. The van der Waals surface area contributed by atoms with E-state index in [1.165, 1.54) is 0 Å². The van der Waals surface area contributed by atoms with Crippen LogP contribution in [0.25, 0.3) is 16.9 Å². The van der Waals surface area contributed by atoms with Crippen LogP contribution in [0.3, 0.4) is 0 Å². The van der Waals surface area contributed by atoms with Crippen LogP contribution in [0.2, 0.25) is 0 Å². The van der Waals surface area contributed by atoms with Gasteiger partial charge in [-0.3, -0.25) is 0 Å². The number of nitrogens with two attached hydrogens (primary N) is 1. The van der Waals surface area contributed by atoms with E-state index in [1.54, 1.807) is 11.3 Å². The number of thiazole rings is 1. The first-order valence-electron chi connectivity index (χ1n) is 7.06. The van der Waals surface area contributed by atoms with Crippen molar-refractivity contribution in [1.29, 1.82) is 0 Å². The summed E-state index contributed by atoms with van der Waals surface area (Å²) in [4.78, 5) is 4.66. The van der Waals surface area contributed by atoms with Crippen LogP contribution in [-0.2, 0) is 6.42 Å². The summed E-state index contributed by atoms with van der Waals surface area (Å²) in [7, 11) is 0. The van der Waals surface area contributed by atoms with Crippen LogP contribution in [-0.4, -0.2) is 20.8 Å². The van der Waals surface area contributed by atoms with Crippen molar-refractivity contribution in [2.24, 2.45) is 5.73 Å². The minimum atomic E-state index is 0.191. The Morgan fingerprint density at radius 2 is 2.10 bits per heavy atom. The van der Waals surface area contributed by atoms with Crippen molar-refractivity contribution in [1.82, 2.24) is 14.8 Å². The lowest BCUT2D eigenvalue weighted by Crippen LogP contribution is -2.21. The van der Waals surface area contributed by atoms with E-state index >= 15 is 0 Å². The molecule has 5 heteroatoms. The first-order chi connectivity index (χ1) is 10.3. The fourth-order valence-electron chi connectivity index (χ4n) is 2.08. The van der Waals surface area contributed by atoms with E-state index in [0.717, 1.165) is 34.8 Å². The molecule has 0 aliphatic carbocycles. The third kappa shape index (κ3) is 3.20. The van der Waals surface area contributed by atoms with Gasteiger partial charge in [-0.15, -0.1) is 11.3 Å². The van der Waals surface area contributed by atoms with E-state index in [-0.39, 0.29) is 6.04 Å². The number of nitrogens with zero attached hydrogens (tertiary/aromatic N) is 3. The van der Waals surface area contributed by atoms with Crippen LogP contribution < -0.4 is 5.73 Å². The van der Waals surface area contributed by atoms with Gasteiger partial charge >= 0.3 is 0 Å². The Labute approximate surface area is 128 Å². The predicted molar refractivity (Wildman–Crippen MR) is 86.6 cm³/mol. The van der Waals surface area contributed by atoms with Crippen molar-refractivity contribution in [3.05, 3.63) is 53.1 Å². The van der Waals surface area contributed by atoms with Gasteiger partial charge in [0.2, 0.25) is 0 Å². The van der Waals surface area contributed by atoms with Gasteiger partial charge in [0.1, 0.15) is 0 Å². The molecule has 2 N–H and O–H groups in total. The third-order valence-corrected chi connectivity index (χ3v) is 4.28. The standard InChI is InChI=1S/C16H18N4S/c1-2-13(17)8-16-19-15(11-21-16)12-9-18-20(10-12)14-6-4-3-5-7-14/h3-7,9-11,13H,2,8,17H2,1H3. The molecule has 0 saturated carbocycles. The molecular formula is C16H18N4S. The van der Waals surface area contributed by atoms with Gasteiger partial charge < -0.3 is 5.73 Å². The number of benzene rings is 1. The molecule has 4 nitrogen and oxygen atoms in total. The summed E-state index contributed by atoms with van der Waals surface area (Å²) in [6.45, 7) is 2.10. The maximum atomic E-state index is 5.98. The maximum absolute atomic E-state index is 5.98. The van der Waals surface area contributed by atoms with Crippen molar-refractivity contribution in [2.45, 2.75) is 25.8 Å². The average Bonchev–Trinajstić information content (AvgIpc) is 3.17. The molecule has 21 heavy (non-hydrogen) atoms. The predicted octanol–water partition coefficient (Wildman–Crippen LogP) is 3.28. The van der Waals surface area contributed by atoms with Gasteiger partial charge in [0, 0.05) is 29.6 Å². The molecule has 0 radical (unpaired) electrons. The van der Waals surface area contributed by atoms with Gasteiger partial charge in [-0.1, -0.05) is 25.1 Å². The zero-order valence-electron chi connectivity index (χ0n) is 11.9. The van der Waals surface area contributed by atoms with E-state index in [0.29, 0.717) is 0 Å². The van der Waals surface area contributed by atoms with Crippen LogP contribution in [0, 0.1) is 0 Å². The number of hydrogen-bond donors (Lipinski definition) is 1. The largest absolute Gasteiger partial charge is 0.327 e. The quantitative estimate of drug-likeness (QED) is 0.786. The van der Waals surface area contributed by atoms with Crippen LogP contribution in [0.1, 0.15) is 18.4 Å². The van der Waals surface area contributed by atoms with Gasteiger partial charge in [0.15, 0.2) is 0 Å². The molecule has 0 saturated heterocycles. The second kappa shape index (κ2) is 6.20. The topological polar surface area (TPSA) is 56.7 Å². The molecule has 1 unspecified atom stereocenters. The van der Waals surface area contributed by atoms with Crippen LogP contribution in [0.4, 0.5) is 0 Å². The fourth-order valence-corrected chi connectivity index (χ4v) is 2.98. The van der Waals surface area contributed by atoms with Crippen molar-refractivity contribution in [3.63, 3.8) is 0 Å². The van der Waals surface area contributed by atoms with Crippen molar-refractivity contribution in [3.8, 4) is 16.9 Å². The Morgan fingerprint density at radius 1 is 1.29 bits per heavy atom. The molecule has 0 fully saturated rings. The molecule has 3 rings (SSSR count). The normalized spacial score (nSPS) is 12.5. The fraction of sp³-hybridized carbons (Fsp3) is 0.250. The van der Waals surface area contributed by atoms with Crippen molar-refractivity contribution < 1.29 is 0 Å². The highest BCUT2D eigenvalue weighted by molar-refractivity contribution is 7.09. The van der Waals surface area contributed by atoms with Crippen molar-refractivity contribution >= 4 is 11.3 Å². The van der Waals surface area contributed by atoms with Gasteiger partial charge in [-0.05, 0) is 18.6 Å². The molecule has 1 atom stereocenters. The summed E-state index contributed by atoms with van der Waals surface area (Å²) in [5.74, 6) is 0. The van der Waals surface area contributed by atoms with Crippen LogP contribution in [0.15, 0.2) is 48.1 Å². The highest BCUT2D eigenvalue weighted by Crippen LogP contribution is 2.23. The molecule has 2 aromatic heterocycles. The average molecular weight is 298 g/mol. The summed E-state index contributed by atoms with van der Waals surface area (Å²) in [6, 6.07) is 10.3. The second-order valence-electron chi connectivity index (χ2n) is 5.01. The van der Waals surface area contributed by atoms with E-state index in [1.807, 2.05) is 47.4 Å². The van der Waals surface area contributed by atoms with Gasteiger partial charge in [0.25, 0.3) is 0 Å². The molecule has 0 aliphatic rings. The summed E-state index contributed by atoms with van der Waals surface area (Å²) >= 11 is 1.67. The lowest BCUT2D eigenvalue weighted by molar-refractivity contribution is 0.644. The van der Waals surface area contributed by atoms with Gasteiger partial charge in [-0.25, -0.2) is 9.67 Å². The van der Waals surface area contributed by atoms with E-state index < -0.39 is 0 Å². The molecule has 0 spiro atoms. The Hall–Kier alpha value is -1.98. The Morgan fingerprint density at radius 3 is 2.86 bits per heavy atom. The smallest absolute Gasteiger partial charge is 0.0948 e. The first-order valence-corrected chi connectivity index (χ1v) is 7.94. The minimum Gasteiger partial charge on any atom is -0.327 e. The number of hydrogen-bond acceptors (Lipinski definition) is 4. The van der Waals surface area contributed by atoms with Gasteiger partial charge in [-0.2, -0.15) is 5.10 Å². The summed E-state index contributed by atoms with van der Waals surface area (Å²) in [6.07, 6.45) is 5.67. The highest BCUT2D eigenvalue weighted by Gasteiger charge is 2.10. The third-order valence-electron chi connectivity index (χ3n) is 3.41. The number of aromatic nitrogens is 3. The monoisotopic (exact) mass is 298 g/mol. The molecule has 1 aromatic carbocycles. The first kappa shape index (κ1) is 14.0. The second-order valence-corrected chi connectivity index (χ2v) is 5.95. The van der Waals surface area contributed by atoms with Gasteiger partial charge in [0.05, 0.1) is 22.6 Å². The molecule has 0 bridgehead atoms. The lowest BCUT2D eigenvalue weighted by Gasteiger charge is -2.04. The molecule has 3 aromatic rings. The summed E-state index contributed by atoms with van der Waals surface area (Å²) < 4.78 is 1.87. The van der Waals surface area contributed by atoms with Crippen molar-refractivity contribution in [2.75, 3.05) is 0 Å². The molecule has 108 valence electrons. The highest BCUT2D eigenvalue weighted by atomic mass is 32.1. The van der Waals surface area contributed by atoms with E-state index in [9.17, 15) is 0 Å². The number of rotatable bonds is 5.